The summed E-state index contributed by atoms with van der Waals surface area (Å²) in [6, 6.07) is 18.6. The van der Waals surface area contributed by atoms with E-state index >= 15 is 0 Å². The Kier molecular flexibility index (Phi) is 5.59. The van der Waals surface area contributed by atoms with Gasteiger partial charge in [-0.15, -0.1) is 0 Å². The Morgan fingerprint density at radius 2 is 1.67 bits per heavy atom. The quantitative estimate of drug-likeness (QED) is 0.643. The summed E-state index contributed by atoms with van der Waals surface area (Å²) < 4.78 is 5.81. The lowest BCUT2D eigenvalue weighted by molar-refractivity contribution is 0.173. The fourth-order valence-electron chi connectivity index (χ4n) is 2.45. The first-order chi connectivity index (χ1) is 11.6. The van der Waals surface area contributed by atoms with Gasteiger partial charge >= 0.3 is 0 Å². The summed E-state index contributed by atoms with van der Waals surface area (Å²) >= 11 is 12.0. The molecule has 5 heteroatoms. The molecule has 2 N–H and O–H groups in total. The van der Waals surface area contributed by atoms with Crippen molar-refractivity contribution in [3.63, 3.8) is 0 Å². The van der Waals surface area contributed by atoms with Gasteiger partial charge in [-0.2, -0.15) is 0 Å². The summed E-state index contributed by atoms with van der Waals surface area (Å²) in [5.41, 5.74) is 1.72. The molecule has 124 valence electrons. The van der Waals surface area contributed by atoms with E-state index in [2.05, 4.69) is 5.32 Å². The van der Waals surface area contributed by atoms with Crippen LogP contribution < -0.4 is 5.32 Å². The third-order valence-electron chi connectivity index (χ3n) is 3.63. The van der Waals surface area contributed by atoms with Gasteiger partial charge in [-0.25, -0.2) is 0 Å². The Labute approximate surface area is 150 Å². The highest BCUT2D eigenvalue weighted by Gasteiger charge is 2.09. The average Bonchev–Trinajstić information content (AvgIpc) is 3.04. The van der Waals surface area contributed by atoms with Gasteiger partial charge in [-0.1, -0.05) is 53.5 Å². The SMILES string of the molecule is O[C@@H](CNCc1ccc(-c2cc(Cl)cc(Cl)c2)o1)c1ccccc1. The molecule has 24 heavy (non-hydrogen) atoms. The zero-order valence-electron chi connectivity index (χ0n) is 12.9. The molecule has 3 rings (SSSR count). The molecular formula is C19H17Cl2NO2. The number of nitrogens with one attached hydrogen (secondary N) is 1. The molecule has 0 fully saturated rings. The molecule has 3 aromatic rings. The predicted molar refractivity (Wildman–Crippen MR) is 97.3 cm³/mol. The van der Waals surface area contributed by atoms with Crippen LogP contribution >= 0.6 is 23.2 Å². The van der Waals surface area contributed by atoms with Crippen molar-refractivity contribution in [2.24, 2.45) is 0 Å². The number of hydrogen-bond acceptors (Lipinski definition) is 3. The monoisotopic (exact) mass is 361 g/mol. The second kappa shape index (κ2) is 7.86. The van der Waals surface area contributed by atoms with E-state index in [1.165, 1.54) is 0 Å². The number of hydrogen-bond donors (Lipinski definition) is 2. The zero-order valence-corrected chi connectivity index (χ0v) is 14.4. The van der Waals surface area contributed by atoms with Crippen molar-refractivity contribution >= 4 is 23.2 Å². The van der Waals surface area contributed by atoms with Crippen LogP contribution in [0.15, 0.2) is 65.1 Å². The second-order valence-corrected chi connectivity index (χ2v) is 6.35. The molecule has 0 saturated heterocycles. The number of rotatable bonds is 6. The number of aliphatic hydroxyl groups is 1. The van der Waals surface area contributed by atoms with Gasteiger partial charge in [-0.05, 0) is 35.9 Å². The molecule has 0 aliphatic carbocycles. The maximum atomic E-state index is 10.1. The highest BCUT2D eigenvalue weighted by Crippen LogP contribution is 2.28. The van der Waals surface area contributed by atoms with E-state index in [-0.39, 0.29) is 0 Å². The Hall–Kier alpha value is -1.78. The van der Waals surface area contributed by atoms with Crippen LogP contribution in [0, 0.1) is 0 Å². The summed E-state index contributed by atoms with van der Waals surface area (Å²) in [4.78, 5) is 0. The normalized spacial score (nSPS) is 12.3. The minimum absolute atomic E-state index is 0.447. The number of halogens is 2. The maximum Gasteiger partial charge on any atom is 0.134 e. The minimum atomic E-state index is -0.549. The summed E-state index contributed by atoms with van der Waals surface area (Å²) in [7, 11) is 0. The van der Waals surface area contributed by atoms with Crippen molar-refractivity contribution in [2.75, 3.05) is 6.54 Å². The fourth-order valence-corrected chi connectivity index (χ4v) is 2.98. The number of furan rings is 1. The van der Waals surface area contributed by atoms with Crippen LogP contribution in [0.4, 0.5) is 0 Å². The zero-order chi connectivity index (χ0) is 16.9. The smallest absolute Gasteiger partial charge is 0.134 e. The van der Waals surface area contributed by atoms with E-state index in [9.17, 15) is 5.11 Å². The first-order valence-electron chi connectivity index (χ1n) is 7.61. The standard InChI is InChI=1S/C19H17Cl2NO2/c20-15-8-14(9-16(21)10-15)19-7-6-17(24-19)11-22-12-18(23)13-4-2-1-3-5-13/h1-10,18,22-23H,11-12H2/t18-/m0/s1. The molecule has 0 aliphatic heterocycles. The van der Waals surface area contributed by atoms with Crippen molar-refractivity contribution in [3.8, 4) is 11.3 Å². The third-order valence-corrected chi connectivity index (χ3v) is 4.07. The van der Waals surface area contributed by atoms with Gasteiger partial charge in [0.05, 0.1) is 12.6 Å². The van der Waals surface area contributed by atoms with Gasteiger partial charge in [0.25, 0.3) is 0 Å². The second-order valence-electron chi connectivity index (χ2n) is 5.48. The lowest BCUT2D eigenvalue weighted by Crippen LogP contribution is -2.20. The van der Waals surface area contributed by atoms with Crippen molar-refractivity contribution in [1.29, 1.82) is 0 Å². The van der Waals surface area contributed by atoms with Crippen molar-refractivity contribution in [2.45, 2.75) is 12.6 Å². The number of aliphatic hydroxyl groups excluding tert-OH is 1. The molecular weight excluding hydrogens is 345 g/mol. The number of benzene rings is 2. The Morgan fingerprint density at radius 3 is 2.38 bits per heavy atom. The molecule has 1 atom stereocenters. The third kappa shape index (κ3) is 4.40. The van der Waals surface area contributed by atoms with Crippen molar-refractivity contribution in [3.05, 3.63) is 82.0 Å². The molecule has 0 bridgehead atoms. The van der Waals surface area contributed by atoms with Crippen LogP contribution in [0.3, 0.4) is 0 Å². The summed E-state index contributed by atoms with van der Waals surface area (Å²) in [6.45, 7) is 0.973. The van der Waals surface area contributed by atoms with Crippen molar-refractivity contribution in [1.82, 2.24) is 5.32 Å². The lowest BCUT2D eigenvalue weighted by Gasteiger charge is -2.11. The molecule has 2 aromatic carbocycles. The van der Waals surface area contributed by atoms with E-state index in [4.69, 9.17) is 27.6 Å². The van der Waals surface area contributed by atoms with Crippen molar-refractivity contribution < 1.29 is 9.52 Å². The molecule has 0 amide bonds. The fraction of sp³-hybridized carbons (Fsp3) is 0.158. The Bertz CT molecular complexity index is 782. The Morgan fingerprint density at radius 1 is 0.958 bits per heavy atom. The molecule has 0 unspecified atom stereocenters. The van der Waals surface area contributed by atoms with E-state index in [1.54, 1.807) is 6.07 Å². The van der Waals surface area contributed by atoms with E-state index in [0.29, 0.717) is 28.9 Å². The first kappa shape index (κ1) is 17.1. The van der Waals surface area contributed by atoms with Gasteiger partial charge in [-0.3, -0.25) is 0 Å². The molecule has 0 spiro atoms. The van der Waals surface area contributed by atoms with Crippen LogP contribution in [-0.2, 0) is 6.54 Å². The lowest BCUT2D eigenvalue weighted by atomic mass is 10.1. The van der Waals surface area contributed by atoms with Crippen LogP contribution in [0.5, 0.6) is 0 Å². The van der Waals surface area contributed by atoms with Crippen LogP contribution in [-0.4, -0.2) is 11.7 Å². The molecule has 0 aliphatic rings. The van der Waals surface area contributed by atoms with E-state index < -0.39 is 6.10 Å². The molecule has 0 saturated carbocycles. The molecule has 3 nitrogen and oxygen atoms in total. The average molecular weight is 362 g/mol. The summed E-state index contributed by atoms with van der Waals surface area (Å²) in [5, 5.41) is 14.5. The maximum absolute atomic E-state index is 10.1. The topological polar surface area (TPSA) is 45.4 Å². The predicted octanol–water partition coefficient (Wildman–Crippen LogP) is 5.08. The summed E-state index contributed by atoms with van der Waals surface area (Å²) in [6.07, 6.45) is -0.549. The first-order valence-corrected chi connectivity index (χ1v) is 8.36. The van der Waals surface area contributed by atoms with Gasteiger partial charge < -0.3 is 14.8 Å². The highest BCUT2D eigenvalue weighted by molar-refractivity contribution is 6.35. The minimum Gasteiger partial charge on any atom is -0.460 e. The molecule has 1 aromatic heterocycles. The van der Waals surface area contributed by atoms with Gasteiger partial charge in [0.15, 0.2) is 0 Å². The van der Waals surface area contributed by atoms with Crippen LogP contribution in [0.1, 0.15) is 17.4 Å². The van der Waals surface area contributed by atoms with Gasteiger partial charge in [0, 0.05) is 22.2 Å². The summed E-state index contributed by atoms with van der Waals surface area (Å²) in [5.74, 6) is 1.49. The molecule has 1 heterocycles. The van der Waals surface area contributed by atoms with Gasteiger partial charge in [0.1, 0.15) is 11.5 Å². The molecule has 0 radical (unpaired) electrons. The highest BCUT2D eigenvalue weighted by atomic mass is 35.5. The van der Waals surface area contributed by atoms with E-state index in [1.807, 2.05) is 54.6 Å². The largest absolute Gasteiger partial charge is 0.460 e. The van der Waals surface area contributed by atoms with Crippen LogP contribution in [0.2, 0.25) is 10.0 Å². The van der Waals surface area contributed by atoms with E-state index in [0.717, 1.165) is 16.9 Å². The van der Waals surface area contributed by atoms with Crippen LogP contribution in [0.25, 0.3) is 11.3 Å². The van der Waals surface area contributed by atoms with Gasteiger partial charge in [0.2, 0.25) is 0 Å². The Balaban J connectivity index is 1.58.